The van der Waals surface area contributed by atoms with E-state index in [0.29, 0.717) is 19.5 Å². The van der Waals surface area contributed by atoms with E-state index in [0.717, 1.165) is 74.4 Å². The topological polar surface area (TPSA) is 121 Å². The second-order valence-corrected chi connectivity index (χ2v) is 14.6. The van der Waals surface area contributed by atoms with Gasteiger partial charge in [0.2, 0.25) is 5.91 Å². The summed E-state index contributed by atoms with van der Waals surface area (Å²) < 4.78 is 39.6. The Balaban J connectivity index is 1.43. The first-order valence-electron chi connectivity index (χ1n) is 19.1. The highest BCUT2D eigenvalue weighted by atomic mass is 32.2. The van der Waals surface area contributed by atoms with Gasteiger partial charge in [0, 0.05) is 50.8 Å². The number of alkyl carbamates (subject to hydrolysis) is 1. The molecule has 4 atom stereocenters. The molecule has 1 saturated heterocycles. The van der Waals surface area contributed by atoms with Crippen LogP contribution < -0.4 is 16.0 Å². The van der Waals surface area contributed by atoms with E-state index in [9.17, 15) is 23.5 Å². The number of carbonyl (C=O) groups excluding carboxylic acids is 2. The molecule has 10 nitrogen and oxygen atoms in total. The number of nitrogens with zero attached hydrogens (tertiary/aromatic N) is 1. The predicted molar refractivity (Wildman–Crippen MR) is 207 cm³/mol. The van der Waals surface area contributed by atoms with Crippen molar-refractivity contribution in [1.29, 1.82) is 0 Å². The molecule has 4 N–H and O–H groups in total. The Morgan fingerprint density at radius 3 is 2.31 bits per heavy atom. The van der Waals surface area contributed by atoms with Crippen molar-refractivity contribution in [2.45, 2.75) is 109 Å². The van der Waals surface area contributed by atoms with Crippen LogP contribution in [0, 0.1) is 11.6 Å². The first kappa shape index (κ1) is 43.1. The van der Waals surface area contributed by atoms with Crippen LogP contribution in [0.1, 0.15) is 75.1 Å². The summed E-state index contributed by atoms with van der Waals surface area (Å²) in [5, 5.41) is 20.1. The van der Waals surface area contributed by atoms with E-state index in [1.54, 1.807) is 0 Å². The molecule has 54 heavy (non-hydrogen) atoms. The molecule has 1 fully saturated rings. The van der Waals surface area contributed by atoms with Crippen LogP contribution >= 0.6 is 12.0 Å². The largest absolute Gasteiger partial charge is 0.445 e. The lowest BCUT2D eigenvalue weighted by molar-refractivity contribution is -0.234. The average molecular weight is 771 g/mol. The summed E-state index contributed by atoms with van der Waals surface area (Å²) in [7, 11) is 0. The molecule has 1 aliphatic rings. The zero-order chi connectivity index (χ0) is 38.7. The van der Waals surface area contributed by atoms with Gasteiger partial charge in [-0.2, -0.15) is 4.33 Å². The van der Waals surface area contributed by atoms with E-state index in [1.165, 1.54) is 17.7 Å². The number of amides is 2. The van der Waals surface area contributed by atoms with Crippen molar-refractivity contribution in [3.8, 4) is 0 Å². The highest BCUT2D eigenvalue weighted by Crippen LogP contribution is 2.19. The zero-order valence-corrected chi connectivity index (χ0v) is 32.4. The smallest absolute Gasteiger partial charge is 0.408 e. The van der Waals surface area contributed by atoms with Crippen molar-refractivity contribution >= 4 is 24.0 Å². The molecule has 13 heteroatoms. The third-order valence-corrected chi connectivity index (χ3v) is 9.94. The second kappa shape index (κ2) is 23.4. The van der Waals surface area contributed by atoms with Crippen LogP contribution in [0.25, 0.3) is 0 Å². The Hall–Kier alpha value is -3.59. The Morgan fingerprint density at radius 2 is 1.61 bits per heavy atom. The van der Waals surface area contributed by atoms with Gasteiger partial charge in [0.15, 0.2) is 0 Å². The summed E-state index contributed by atoms with van der Waals surface area (Å²) in [6, 6.07) is 19.1. The summed E-state index contributed by atoms with van der Waals surface area (Å²) in [6.07, 6.45) is 2.51. The predicted octanol–water partition coefficient (Wildman–Crippen LogP) is 6.64. The van der Waals surface area contributed by atoms with Crippen LogP contribution in [-0.4, -0.2) is 77.8 Å². The van der Waals surface area contributed by atoms with Gasteiger partial charge < -0.3 is 25.8 Å². The molecule has 0 spiro atoms. The van der Waals surface area contributed by atoms with E-state index in [1.807, 2.05) is 36.4 Å². The van der Waals surface area contributed by atoms with Gasteiger partial charge in [-0.05, 0) is 66.5 Å². The maximum atomic E-state index is 14.2. The first-order valence-corrected chi connectivity index (χ1v) is 20.0. The van der Waals surface area contributed by atoms with Crippen LogP contribution in [0.2, 0.25) is 0 Å². The summed E-state index contributed by atoms with van der Waals surface area (Å²) in [4.78, 5) is 35.0. The standard InChI is InChI=1S/C41H56F2N4O6S/c1-4-11-35(12-5-2)52-53-54-28-38(46-41(50)51-36-17-18-47(27-36)26-30-13-8-7-9-14-30)40(49)45-37(22-32-20-33(42)23-34(43)21-32)39(48)25-44-24-31-16-10-15-29(6-3)19-31/h7-10,13-16,19-21,23,35-39,44,48H,4-6,11-12,17-18,22,24-28H2,1-3H3,(H,45,49)(H,46,50)/t36-,37+,38?,39-/m1/s1. The summed E-state index contributed by atoms with van der Waals surface area (Å²) in [6.45, 7) is 8.77. The van der Waals surface area contributed by atoms with Gasteiger partial charge in [0.25, 0.3) is 0 Å². The molecule has 1 unspecified atom stereocenters. The number of nitrogens with one attached hydrogen (secondary N) is 3. The van der Waals surface area contributed by atoms with Gasteiger partial charge in [-0.25, -0.2) is 18.5 Å². The van der Waals surface area contributed by atoms with Crippen LogP contribution in [0.3, 0.4) is 0 Å². The van der Waals surface area contributed by atoms with Gasteiger partial charge in [0.1, 0.15) is 23.8 Å². The Labute approximate surface area is 322 Å². The van der Waals surface area contributed by atoms with Crippen molar-refractivity contribution in [2.75, 3.05) is 25.4 Å². The zero-order valence-electron chi connectivity index (χ0n) is 31.6. The van der Waals surface area contributed by atoms with Crippen LogP contribution in [0.15, 0.2) is 72.8 Å². The molecule has 0 aromatic heterocycles. The number of carbonyl (C=O) groups is 2. The lowest BCUT2D eigenvalue weighted by Gasteiger charge is -2.27. The molecule has 1 heterocycles. The summed E-state index contributed by atoms with van der Waals surface area (Å²) >= 11 is 0.878. The number of aliphatic hydroxyl groups excluding tert-OH is 1. The molecule has 0 saturated carbocycles. The van der Waals surface area contributed by atoms with Gasteiger partial charge in [-0.3, -0.25) is 9.69 Å². The number of likely N-dealkylation sites (tertiary alicyclic amines) is 1. The minimum absolute atomic E-state index is 0.0415. The fourth-order valence-corrected chi connectivity index (χ4v) is 7.06. The second-order valence-electron chi connectivity index (χ2n) is 13.9. The molecular formula is C41H56F2N4O6S. The van der Waals surface area contributed by atoms with Crippen molar-refractivity contribution in [3.63, 3.8) is 0 Å². The number of hydrogen-bond donors (Lipinski definition) is 4. The van der Waals surface area contributed by atoms with E-state index in [4.69, 9.17) is 14.0 Å². The van der Waals surface area contributed by atoms with E-state index in [2.05, 4.69) is 59.8 Å². The summed E-state index contributed by atoms with van der Waals surface area (Å²) in [5.74, 6) is -2.21. The molecule has 3 aromatic rings. The van der Waals surface area contributed by atoms with Crippen LogP contribution in [0.5, 0.6) is 0 Å². The molecule has 296 valence electrons. The minimum Gasteiger partial charge on any atom is -0.445 e. The fourth-order valence-electron chi connectivity index (χ4n) is 6.47. The maximum absolute atomic E-state index is 14.2. The van der Waals surface area contributed by atoms with Crippen molar-refractivity contribution < 1.29 is 37.4 Å². The van der Waals surface area contributed by atoms with E-state index in [-0.39, 0.29) is 36.5 Å². The normalized spacial score (nSPS) is 16.2. The molecule has 4 rings (SSSR count). The van der Waals surface area contributed by atoms with Gasteiger partial charge in [-0.15, -0.1) is 0 Å². The number of ether oxygens (including phenoxy) is 1. The summed E-state index contributed by atoms with van der Waals surface area (Å²) in [5.41, 5.74) is 3.63. The number of rotatable bonds is 23. The molecule has 0 aliphatic carbocycles. The molecule has 3 aromatic carbocycles. The fraction of sp³-hybridized carbons (Fsp3) is 0.512. The van der Waals surface area contributed by atoms with Crippen molar-refractivity contribution in [3.05, 3.63) is 107 Å². The maximum Gasteiger partial charge on any atom is 0.408 e. The number of aryl methyl sites for hydroxylation is 1. The highest BCUT2D eigenvalue weighted by molar-refractivity contribution is 7.94. The minimum atomic E-state index is -1.16. The quantitative estimate of drug-likeness (QED) is 0.0364. The third kappa shape index (κ3) is 15.3. The van der Waals surface area contributed by atoms with Crippen molar-refractivity contribution in [2.24, 2.45) is 0 Å². The lowest BCUT2D eigenvalue weighted by Crippen LogP contribution is -2.55. The van der Waals surface area contributed by atoms with Gasteiger partial charge in [-0.1, -0.05) is 88.2 Å². The van der Waals surface area contributed by atoms with E-state index < -0.39 is 41.8 Å². The highest BCUT2D eigenvalue weighted by Gasteiger charge is 2.31. The monoisotopic (exact) mass is 770 g/mol. The molecule has 0 radical (unpaired) electrons. The lowest BCUT2D eigenvalue weighted by atomic mass is 10.00. The molecule has 2 amide bonds. The van der Waals surface area contributed by atoms with Gasteiger partial charge >= 0.3 is 6.09 Å². The molecule has 1 aliphatic heterocycles. The first-order chi connectivity index (χ1) is 26.1. The van der Waals surface area contributed by atoms with Crippen molar-refractivity contribution in [1.82, 2.24) is 20.9 Å². The SMILES string of the molecule is CCCC(CCC)OOSCC(NC(=O)O[C@@H]1CCN(Cc2ccccc2)C1)C(=O)N[C@@H](Cc1cc(F)cc(F)c1)[C@H](O)CNCc1cccc(CC)c1. The van der Waals surface area contributed by atoms with Gasteiger partial charge in [0.05, 0.1) is 24.0 Å². The number of halogens is 2. The number of benzene rings is 3. The third-order valence-electron chi connectivity index (χ3n) is 9.29. The Morgan fingerprint density at radius 1 is 0.907 bits per heavy atom. The molecular weight excluding hydrogens is 715 g/mol. The average Bonchev–Trinajstić information content (AvgIpc) is 3.58. The van der Waals surface area contributed by atoms with Crippen LogP contribution in [0.4, 0.5) is 13.6 Å². The number of aliphatic hydroxyl groups is 1. The molecule has 0 bridgehead atoms. The Kier molecular flexibility index (Phi) is 18.7. The Bertz CT molecular complexity index is 1550. The van der Waals surface area contributed by atoms with Crippen LogP contribution in [-0.2, 0) is 44.7 Å². The number of hydrogen-bond acceptors (Lipinski definition) is 9. The van der Waals surface area contributed by atoms with E-state index >= 15 is 0 Å².